The van der Waals surface area contributed by atoms with E-state index in [4.69, 9.17) is 23.2 Å². The first-order chi connectivity index (χ1) is 13.4. The molecule has 0 saturated heterocycles. The summed E-state index contributed by atoms with van der Waals surface area (Å²) in [5.41, 5.74) is 1.65. The predicted octanol–water partition coefficient (Wildman–Crippen LogP) is 5.39. The number of amides is 2. The second-order valence-electron chi connectivity index (χ2n) is 5.97. The molecule has 0 bridgehead atoms. The molecule has 28 heavy (non-hydrogen) atoms. The molecule has 2 aromatic heterocycles. The van der Waals surface area contributed by atoms with Crippen molar-refractivity contribution in [2.75, 3.05) is 5.32 Å². The quantitative estimate of drug-likeness (QED) is 0.503. The fourth-order valence-electron chi connectivity index (χ4n) is 2.44. The number of rotatable bonds is 7. The molecule has 0 unspecified atom stereocenters. The number of hydrogen-bond acceptors (Lipinski definition) is 5. The summed E-state index contributed by atoms with van der Waals surface area (Å²) in [6.45, 7) is 1.99. The number of halogens is 2. The van der Waals surface area contributed by atoms with Crippen LogP contribution in [-0.4, -0.2) is 16.8 Å². The first-order valence-electron chi connectivity index (χ1n) is 8.44. The van der Waals surface area contributed by atoms with Crippen molar-refractivity contribution >= 4 is 62.8 Å². The third kappa shape index (κ3) is 5.54. The van der Waals surface area contributed by atoms with Crippen LogP contribution in [0.4, 0.5) is 5.13 Å². The molecule has 0 aliphatic carbocycles. The molecule has 0 spiro atoms. The Morgan fingerprint density at radius 2 is 2.00 bits per heavy atom. The molecule has 3 aromatic rings. The number of carbonyl (C=O) groups excluding carboxylic acids is 2. The zero-order chi connectivity index (χ0) is 20.1. The highest BCUT2D eigenvalue weighted by Gasteiger charge is 2.12. The van der Waals surface area contributed by atoms with Crippen LogP contribution in [0.2, 0.25) is 10.0 Å². The van der Waals surface area contributed by atoms with Gasteiger partial charge in [0.1, 0.15) is 0 Å². The minimum absolute atomic E-state index is 0.0623. The van der Waals surface area contributed by atoms with Crippen LogP contribution in [0.1, 0.15) is 23.8 Å². The molecule has 146 valence electrons. The van der Waals surface area contributed by atoms with Gasteiger partial charge in [0.05, 0.1) is 27.2 Å². The average Bonchev–Trinajstić information content (AvgIpc) is 3.30. The van der Waals surface area contributed by atoms with Crippen molar-refractivity contribution in [3.05, 3.63) is 56.2 Å². The molecule has 3 rings (SSSR count). The molecule has 5 nitrogen and oxygen atoms in total. The van der Waals surface area contributed by atoms with E-state index in [0.29, 0.717) is 28.1 Å². The molecule has 0 saturated carbocycles. The van der Waals surface area contributed by atoms with Crippen LogP contribution < -0.4 is 10.6 Å². The summed E-state index contributed by atoms with van der Waals surface area (Å²) in [7, 11) is 0. The molecule has 9 heteroatoms. The first-order valence-corrected chi connectivity index (χ1v) is 10.9. The van der Waals surface area contributed by atoms with Crippen LogP contribution in [0.15, 0.2) is 35.7 Å². The Bertz CT molecular complexity index is 1000. The number of thiazole rings is 1. The van der Waals surface area contributed by atoms with Gasteiger partial charge in [0, 0.05) is 23.6 Å². The van der Waals surface area contributed by atoms with Gasteiger partial charge in [-0.05, 0) is 30.2 Å². The molecular weight excluding hydrogens is 437 g/mol. The van der Waals surface area contributed by atoms with Crippen molar-refractivity contribution < 1.29 is 9.59 Å². The standard InChI is InChI=1S/C19H17Cl2N3O2S2/c1-11(25)22-9-13-6-7-16(28-13)15-10-27-19(23-15)24-17(26)8-5-12-3-2-4-14(20)18(12)21/h2-4,6-7,10H,5,8-9H2,1H3,(H,22,25)(H,23,24,26). The SMILES string of the molecule is CC(=O)NCc1ccc(-c2csc(NC(=O)CCc3cccc(Cl)c3Cl)n2)s1. The highest BCUT2D eigenvalue weighted by Crippen LogP contribution is 2.31. The maximum atomic E-state index is 12.2. The zero-order valence-corrected chi connectivity index (χ0v) is 18.1. The highest BCUT2D eigenvalue weighted by molar-refractivity contribution is 7.17. The number of aromatic nitrogens is 1. The lowest BCUT2D eigenvalue weighted by Gasteiger charge is -2.05. The lowest BCUT2D eigenvalue weighted by Crippen LogP contribution is -2.17. The molecule has 2 heterocycles. The Morgan fingerprint density at radius 1 is 1.18 bits per heavy atom. The van der Waals surface area contributed by atoms with Gasteiger partial charge in [0.2, 0.25) is 11.8 Å². The van der Waals surface area contributed by atoms with Crippen LogP contribution >= 0.6 is 45.9 Å². The van der Waals surface area contributed by atoms with Crippen LogP contribution in [0, 0.1) is 0 Å². The minimum Gasteiger partial charge on any atom is -0.351 e. The number of anilines is 1. The maximum Gasteiger partial charge on any atom is 0.226 e. The van der Waals surface area contributed by atoms with Crippen molar-refractivity contribution in [1.29, 1.82) is 0 Å². The number of thiophene rings is 1. The molecular formula is C19H17Cl2N3O2S2. The topological polar surface area (TPSA) is 71.1 Å². The van der Waals surface area contributed by atoms with Gasteiger partial charge in [0.15, 0.2) is 5.13 Å². The molecule has 0 fully saturated rings. The van der Waals surface area contributed by atoms with Gasteiger partial charge in [-0.25, -0.2) is 4.98 Å². The zero-order valence-electron chi connectivity index (χ0n) is 14.9. The first kappa shape index (κ1) is 20.8. The van der Waals surface area contributed by atoms with Crippen LogP contribution in [0.5, 0.6) is 0 Å². The maximum absolute atomic E-state index is 12.2. The Balaban J connectivity index is 1.56. The predicted molar refractivity (Wildman–Crippen MR) is 116 cm³/mol. The van der Waals surface area contributed by atoms with Gasteiger partial charge in [-0.15, -0.1) is 22.7 Å². The van der Waals surface area contributed by atoms with Crippen molar-refractivity contribution in [3.63, 3.8) is 0 Å². The summed E-state index contributed by atoms with van der Waals surface area (Å²) < 4.78 is 0. The lowest BCUT2D eigenvalue weighted by atomic mass is 10.1. The summed E-state index contributed by atoms with van der Waals surface area (Å²) in [5, 5.41) is 9.02. The Labute approximate surface area is 180 Å². The number of benzene rings is 1. The van der Waals surface area contributed by atoms with Crippen molar-refractivity contribution in [2.24, 2.45) is 0 Å². The van der Waals surface area contributed by atoms with Crippen molar-refractivity contribution in [1.82, 2.24) is 10.3 Å². The fraction of sp³-hybridized carbons (Fsp3) is 0.211. The van der Waals surface area contributed by atoms with Crippen LogP contribution in [-0.2, 0) is 22.6 Å². The smallest absolute Gasteiger partial charge is 0.226 e. The van der Waals surface area contributed by atoms with E-state index in [9.17, 15) is 9.59 Å². The number of carbonyl (C=O) groups is 2. The van der Waals surface area contributed by atoms with E-state index in [-0.39, 0.29) is 18.2 Å². The van der Waals surface area contributed by atoms with Gasteiger partial charge in [0.25, 0.3) is 0 Å². The second-order valence-corrected chi connectivity index (χ2v) is 8.79. The summed E-state index contributed by atoms with van der Waals surface area (Å²) in [5.74, 6) is -0.192. The third-order valence-corrected chi connectivity index (χ3v) is 6.55. The molecule has 0 radical (unpaired) electrons. The monoisotopic (exact) mass is 453 g/mol. The molecule has 0 aliphatic heterocycles. The van der Waals surface area contributed by atoms with Crippen molar-refractivity contribution in [2.45, 2.75) is 26.3 Å². The summed E-state index contributed by atoms with van der Waals surface area (Å²) >= 11 is 15.1. The Kier molecular flexibility index (Phi) is 7.07. The van der Waals surface area contributed by atoms with E-state index < -0.39 is 0 Å². The van der Waals surface area contributed by atoms with Gasteiger partial charge in [-0.2, -0.15) is 0 Å². The normalized spacial score (nSPS) is 10.7. The minimum atomic E-state index is -0.130. The number of aryl methyl sites for hydroxylation is 1. The fourth-order valence-corrected chi connectivity index (χ4v) is 4.56. The Morgan fingerprint density at radius 3 is 2.79 bits per heavy atom. The largest absolute Gasteiger partial charge is 0.351 e. The van der Waals surface area contributed by atoms with E-state index in [1.54, 1.807) is 17.4 Å². The molecule has 1 aromatic carbocycles. The number of nitrogens with zero attached hydrogens (tertiary/aromatic N) is 1. The molecule has 0 aliphatic rings. The second kappa shape index (κ2) is 9.52. The van der Waals surface area contributed by atoms with E-state index in [0.717, 1.165) is 21.0 Å². The number of hydrogen-bond donors (Lipinski definition) is 2. The van der Waals surface area contributed by atoms with E-state index in [1.807, 2.05) is 29.6 Å². The van der Waals surface area contributed by atoms with Crippen LogP contribution in [0.3, 0.4) is 0 Å². The Hall–Kier alpha value is -1.93. The van der Waals surface area contributed by atoms with Crippen LogP contribution in [0.25, 0.3) is 10.6 Å². The van der Waals surface area contributed by atoms with Gasteiger partial charge in [-0.3, -0.25) is 9.59 Å². The van der Waals surface area contributed by atoms with Gasteiger partial charge < -0.3 is 10.6 Å². The van der Waals surface area contributed by atoms with Gasteiger partial charge in [-0.1, -0.05) is 35.3 Å². The highest BCUT2D eigenvalue weighted by atomic mass is 35.5. The van der Waals surface area contributed by atoms with Crippen molar-refractivity contribution in [3.8, 4) is 10.6 Å². The van der Waals surface area contributed by atoms with E-state index in [1.165, 1.54) is 18.3 Å². The van der Waals surface area contributed by atoms with Gasteiger partial charge >= 0.3 is 0 Å². The summed E-state index contributed by atoms with van der Waals surface area (Å²) in [4.78, 5) is 29.7. The third-order valence-electron chi connectivity index (χ3n) is 3.83. The number of nitrogens with one attached hydrogen (secondary N) is 2. The molecule has 2 amide bonds. The lowest BCUT2D eigenvalue weighted by molar-refractivity contribution is -0.119. The molecule has 0 atom stereocenters. The summed E-state index contributed by atoms with van der Waals surface area (Å²) in [6.07, 6.45) is 0.787. The summed E-state index contributed by atoms with van der Waals surface area (Å²) in [6, 6.07) is 9.32. The van der Waals surface area contributed by atoms with E-state index in [2.05, 4.69) is 15.6 Å². The average molecular weight is 454 g/mol. The molecule has 2 N–H and O–H groups in total. The van der Waals surface area contributed by atoms with E-state index >= 15 is 0 Å².